The number of imidazole rings is 1. The fraction of sp³-hybridized carbons (Fsp3) is 0.429. The van der Waals surface area contributed by atoms with Gasteiger partial charge in [-0.2, -0.15) is 0 Å². The lowest BCUT2D eigenvalue weighted by Gasteiger charge is -2.19. The Morgan fingerprint density at radius 2 is 1.97 bits per heavy atom. The van der Waals surface area contributed by atoms with E-state index in [1.807, 2.05) is 56.5 Å². The molecule has 0 radical (unpaired) electrons. The SMILES string of the molecule is CN(C)c1cc2c(cc1Sc1nc3c(N)ncnc3n1CCNC(=O)C(C)(C)C)OCO2. The Hall–Kier alpha value is -3.21. The Morgan fingerprint density at radius 3 is 2.66 bits per heavy atom. The standard InChI is InChI=1S/C21H27N7O3S/c1-21(2,3)19(29)23-6-7-28-18-16(17(22)24-10-25-18)26-20(28)32-15-9-14-13(30-11-31-14)8-12(15)27(4)5/h8-10H,6-7,11H2,1-5H3,(H,23,29)(H2,22,24,25). The number of fused-ring (bicyclic) bond motifs is 2. The number of amides is 1. The van der Waals surface area contributed by atoms with E-state index in [1.54, 1.807) is 0 Å². The van der Waals surface area contributed by atoms with Gasteiger partial charge in [-0.25, -0.2) is 15.0 Å². The van der Waals surface area contributed by atoms with Crippen molar-refractivity contribution >= 4 is 40.3 Å². The lowest BCUT2D eigenvalue weighted by atomic mass is 9.96. The first-order valence-electron chi connectivity index (χ1n) is 10.2. The van der Waals surface area contributed by atoms with Crippen LogP contribution in [-0.4, -0.2) is 52.9 Å². The number of nitrogens with two attached hydrogens (primary N) is 1. The van der Waals surface area contributed by atoms with Gasteiger partial charge in [-0.3, -0.25) is 4.79 Å². The first-order chi connectivity index (χ1) is 15.1. The minimum absolute atomic E-state index is 0.0177. The van der Waals surface area contributed by atoms with Gasteiger partial charge in [0.15, 0.2) is 33.6 Å². The van der Waals surface area contributed by atoms with E-state index in [1.165, 1.54) is 18.1 Å². The average molecular weight is 458 g/mol. The molecule has 0 saturated carbocycles. The summed E-state index contributed by atoms with van der Waals surface area (Å²) in [5.74, 6) is 1.70. The van der Waals surface area contributed by atoms with Gasteiger partial charge in [-0.15, -0.1) is 0 Å². The molecule has 0 unspecified atom stereocenters. The second-order valence-corrected chi connectivity index (χ2v) is 9.66. The number of nitrogens with zero attached hydrogens (tertiary/aromatic N) is 5. The van der Waals surface area contributed by atoms with Gasteiger partial charge in [0, 0.05) is 49.6 Å². The summed E-state index contributed by atoms with van der Waals surface area (Å²) in [5, 5.41) is 3.67. The van der Waals surface area contributed by atoms with E-state index in [4.69, 9.17) is 20.2 Å². The summed E-state index contributed by atoms with van der Waals surface area (Å²) in [4.78, 5) is 28.4. The number of carbonyl (C=O) groups excluding carboxylic acids is 1. The zero-order valence-electron chi connectivity index (χ0n) is 18.8. The van der Waals surface area contributed by atoms with E-state index < -0.39 is 5.41 Å². The predicted octanol–water partition coefficient (Wildman–Crippen LogP) is 2.52. The van der Waals surface area contributed by atoms with Crippen molar-refractivity contribution in [2.75, 3.05) is 38.1 Å². The van der Waals surface area contributed by atoms with Gasteiger partial charge in [0.2, 0.25) is 12.7 Å². The Morgan fingerprint density at radius 1 is 1.25 bits per heavy atom. The van der Waals surface area contributed by atoms with Crippen LogP contribution in [0.1, 0.15) is 20.8 Å². The largest absolute Gasteiger partial charge is 0.454 e. The third kappa shape index (κ3) is 4.24. The number of nitrogens with one attached hydrogen (secondary N) is 1. The number of anilines is 2. The molecule has 1 aliphatic rings. The third-order valence-electron chi connectivity index (χ3n) is 4.96. The maximum absolute atomic E-state index is 12.3. The molecule has 0 aliphatic carbocycles. The van der Waals surface area contributed by atoms with Crippen molar-refractivity contribution in [2.45, 2.75) is 37.4 Å². The molecule has 11 heteroatoms. The van der Waals surface area contributed by atoms with Gasteiger partial charge in [0.1, 0.15) is 6.33 Å². The number of benzene rings is 1. The fourth-order valence-electron chi connectivity index (χ4n) is 3.20. The maximum Gasteiger partial charge on any atom is 0.231 e. The van der Waals surface area contributed by atoms with Crippen molar-refractivity contribution in [2.24, 2.45) is 5.41 Å². The van der Waals surface area contributed by atoms with Gasteiger partial charge in [0.25, 0.3) is 0 Å². The van der Waals surface area contributed by atoms with E-state index in [-0.39, 0.29) is 12.7 Å². The van der Waals surface area contributed by atoms with Gasteiger partial charge >= 0.3 is 0 Å². The highest BCUT2D eigenvalue weighted by molar-refractivity contribution is 7.99. The molecule has 4 rings (SSSR count). The van der Waals surface area contributed by atoms with Crippen molar-refractivity contribution in [3.63, 3.8) is 0 Å². The normalized spacial score (nSPS) is 12.9. The number of rotatable bonds is 6. The maximum atomic E-state index is 12.3. The summed E-state index contributed by atoms with van der Waals surface area (Å²) in [6.45, 7) is 6.76. The van der Waals surface area contributed by atoms with Crippen LogP contribution in [0.15, 0.2) is 28.5 Å². The van der Waals surface area contributed by atoms with Gasteiger partial charge in [0.05, 0.1) is 5.69 Å². The molecule has 3 heterocycles. The number of hydrogen-bond donors (Lipinski definition) is 2. The topological polar surface area (TPSA) is 120 Å². The lowest BCUT2D eigenvalue weighted by Crippen LogP contribution is -2.36. The van der Waals surface area contributed by atoms with E-state index in [2.05, 4.69) is 15.3 Å². The molecule has 0 fully saturated rings. The first kappa shape index (κ1) is 22.0. The Balaban J connectivity index is 1.69. The van der Waals surface area contributed by atoms with E-state index in [9.17, 15) is 4.79 Å². The van der Waals surface area contributed by atoms with Crippen LogP contribution in [0.5, 0.6) is 11.5 Å². The zero-order chi connectivity index (χ0) is 23.0. The molecular weight excluding hydrogens is 430 g/mol. The molecule has 0 spiro atoms. The highest BCUT2D eigenvalue weighted by Gasteiger charge is 2.23. The summed E-state index contributed by atoms with van der Waals surface area (Å²) in [7, 11) is 3.94. The minimum atomic E-state index is -0.464. The van der Waals surface area contributed by atoms with Gasteiger partial charge < -0.3 is 30.0 Å². The van der Waals surface area contributed by atoms with E-state index >= 15 is 0 Å². The van der Waals surface area contributed by atoms with Crippen LogP contribution in [0.4, 0.5) is 11.5 Å². The van der Waals surface area contributed by atoms with Crippen molar-refractivity contribution in [3.05, 3.63) is 18.5 Å². The second kappa shape index (κ2) is 8.38. The summed E-state index contributed by atoms with van der Waals surface area (Å²) >= 11 is 1.47. The monoisotopic (exact) mass is 457 g/mol. The quantitative estimate of drug-likeness (QED) is 0.575. The van der Waals surface area contributed by atoms with Crippen LogP contribution in [0, 0.1) is 5.41 Å². The highest BCUT2D eigenvalue weighted by atomic mass is 32.2. The number of aromatic nitrogens is 4. The second-order valence-electron chi connectivity index (χ2n) is 8.65. The smallest absolute Gasteiger partial charge is 0.231 e. The van der Waals surface area contributed by atoms with Crippen LogP contribution in [-0.2, 0) is 11.3 Å². The van der Waals surface area contributed by atoms with Crippen LogP contribution >= 0.6 is 11.8 Å². The molecule has 32 heavy (non-hydrogen) atoms. The zero-order valence-corrected chi connectivity index (χ0v) is 19.6. The summed E-state index contributed by atoms with van der Waals surface area (Å²) in [5.41, 5.74) is 7.73. The van der Waals surface area contributed by atoms with E-state index in [0.29, 0.717) is 46.7 Å². The van der Waals surface area contributed by atoms with Crippen molar-refractivity contribution in [1.82, 2.24) is 24.8 Å². The number of hydrogen-bond acceptors (Lipinski definition) is 9. The third-order valence-corrected chi connectivity index (χ3v) is 6.01. The fourth-order valence-corrected chi connectivity index (χ4v) is 4.34. The van der Waals surface area contributed by atoms with E-state index in [0.717, 1.165) is 10.6 Å². The molecule has 0 saturated heterocycles. The molecule has 1 amide bonds. The van der Waals surface area contributed by atoms with Crippen LogP contribution in [0.25, 0.3) is 11.2 Å². The predicted molar refractivity (Wildman–Crippen MR) is 123 cm³/mol. The molecule has 0 bridgehead atoms. The molecule has 10 nitrogen and oxygen atoms in total. The molecule has 1 aliphatic heterocycles. The average Bonchev–Trinajstić information content (AvgIpc) is 3.31. The number of nitrogen functional groups attached to an aromatic ring is 1. The first-order valence-corrected chi connectivity index (χ1v) is 11.0. The Bertz CT molecular complexity index is 1170. The lowest BCUT2D eigenvalue weighted by molar-refractivity contribution is -0.128. The molecule has 3 aromatic rings. The summed E-state index contributed by atoms with van der Waals surface area (Å²) < 4.78 is 13.1. The molecule has 0 atom stereocenters. The van der Waals surface area contributed by atoms with Crippen molar-refractivity contribution in [3.8, 4) is 11.5 Å². The van der Waals surface area contributed by atoms with Crippen LogP contribution < -0.4 is 25.4 Å². The molecule has 170 valence electrons. The molecule has 3 N–H and O–H groups in total. The molecular formula is C21H27N7O3S. The van der Waals surface area contributed by atoms with Crippen LogP contribution in [0.3, 0.4) is 0 Å². The molecule has 1 aromatic carbocycles. The van der Waals surface area contributed by atoms with Crippen LogP contribution in [0.2, 0.25) is 0 Å². The minimum Gasteiger partial charge on any atom is -0.454 e. The highest BCUT2D eigenvalue weighted by Crippen LogP contribution is 2.44. The molecule has 2 aromatic heterocycles. The van der Waals surface area contributed by atoms with Crippen molar-refractivity contribution < 1.29 is 14.3 Å². The summed E-state index contributed by atoms with van der Waals surface area (Å²) in [6, 6.07) is 3.90. The Kier molecular flexibility index (Phi) is 5.76. The number of ether oxygens (including phenoxy) is 2. The summed E-state index contributed by atoms with van der Waals surface area (Å²) in [6.07, 6.45) is 1.42. The Labute approximate surface area is 190 Å². The van der Waals surface area contributed by atoms with Gasteiger partial charge in [-0.1, -0.05) is 20.8 Å². The van der Waals surface area contributed by atoms with Crippen molar-refractivity contribution in [1.29, 1.82) is 0 Å². The van der Waals surface area contributed by atoms with Gasteiger partial charge in [-0.05, 0) is 11.8 Å². The number of carbonyl (C=O) groups is 1.